The van der Waals surface area contributed by atoms with Gasteiger partial charge in [0.25, 0.3) is 5.91 Å². The van der Waals surface area contributed by atoms with Crippen LogP contribution >= 0.6 is 23.1 Å². The van der Waals surface area contributed by atoms with Crippen LogP contribution in [-0.2, 0) is 11.2 Å². The molecule has 1 atom stereocenters. The number of hydrogen-bond acceptors (Lipinski definition) is 4. The summed E-state index contributed by atoms with van der Waals surface area (Å²) in [5.41, 5.74) is 1.18. The molecule has 1 rings (SSSR count). The van der Waals surface area contributed by atoms with Crippen LogP contribution in [0.3, 0.4) is 0 Å². The van der Waals surface area contributed by atoms with Crippen LogP contribution < -0.4 is 5.32 Å². The second-order valence-corrected chi connectivity index (χ2v) is 7.73. The van der Waals surface area contributed by atoms with Crippen molar-refractivity contribution in [2.75, 3.05) is 5.75 Å². The third-order valence-electron chi connectivity index (χ3n) is 3.20. The predicted octanol–water partition coefficient (Wildman–Crippen LogP) is 4.19. The molecule has 21 heavy (non-hydrogen) atoms. The summed E-state index contributed by atoms with van der Waals surface area (Å²) in [5.74, 6) is 0.885. The van der Waals surface area contributed by atoms with Crippen molar-refractivity contribution in [3.63, 3.8) is 0 Å². The summed E-state index contributed by atoms with van der Waals surface area (Å²) in [6, 6.07) is 2.20. The second kappa shape index (κ2) is 9.26. The molecule has 0 saturated heterocycles. The van der Waals surface area contributed by atoms with E-state index in [0.29, 0.717) is 0 Å². The number of thiophene rings is 1. The molecular formula is C16H25NO2S2. The smallest absolute Gasteiger partial charge is 0.261 e. The summed E-state index contributed by atoms with van der Waals surface area (Å²) in [6.45, 7) is 7.81. The molecule has 1 heterocycles. The highest BCUT2D eigenvalue weighted by Gasteiger charge is 2.14. The highest BCUT2D eigenvalue weighted by molar-refractivity contribution is 8.13. The molecule has 0 radical (unpaired) electrons. The van der Waals surface area contributed by atoms with Gasteiger partial charge in [0.2, 0.25) is 0 Å². The number of hydrogen-bond donors (Lipinski definition) is 1. The SMILES string of the molecule is CCCC(C)NC(=O)c1cc(C)c(CCCSC(C)=O)s1. The second-order valence-electron chi connectivity index (χ2n) is 5.32. The molecule has 1 unspecified atom stereocenters. The van der Waals surface area contributed by atoms with Crippen molar-refractivity contribution in [2.24, 2.45) is 0 Å². The fraction of sp³-hybridized carbons (Fsp3) is 0.625. The molecule has 0 saturated carbocycles. The molecule has 0 bridgehead atoms. The number of rotatable bonds is 8. The minimum absolute atomic E-state index is 0.0356. The number of nitrogens with one attached hydrogen (secondary N) is 1. The molecule has 3 nitrogen and oxygen atoms in total. The van der Waals surface area contributed by atoms with Crippen molar-refractivity contribution >= 4 is 34.1 Å². The van der Waals surface area contributed by atoms with Crippen molar-refractivity contribution in [3.8, 4) is 0 Å². The third-order valence-corrected chi connectivity index (χ3v) is 5.39. The average Bonchev–Trinajstić information content (AvgIpc) is 2.76. The predicted molar refractivity (Wildman–Crippen MR) is 92.4 cm³/mol. The first-order valence-electron chi connectivity index (χ1n) is 7.47. The first-order chi connectivity index (χ1) is 9.93. The molecule has 1 N–H and O–H groups in total. The summed E-state index contributed by atoms with van der Waals surface area (Å²) < 4.78 is 0. The van der Waals surface area contributed by atoms with E-state index in [0.717, 1.165) is 36.3 Å². The van der Waals surface area contributed by atoms with Gasteiger partial charge in [0.15, 0.2) is 5.12 Å². The van der Waals surface area contributed by atoms with Crippen molar-refractivity contribution in [1.29, 1.82) is 0 Å². The van der Waals surface area contributed by atoms with Gasteiger partial charge in [0.1, 0.15) is 0 Å². The van der Waals surface area contributed by atoms with Crippen LogP contribution in [0, 0.1) is 6.92 Å². The average molecular weight is 328 g/mol. The fourth-order valence-electron chi connectivity index (χ4n) is 2.13. The Balaban J connectivity index is 2.52. The van der Waals surface area contributed by atoms with Crippen LogP contribution in [0.15, 0.2) is 6.07 Å². The van der Waals surface area contributed by atoms with E-state index in [4.69, 9.17) is 0 Å². The first kappa shape index (κ1) is 18.2. The number of thioether (sulfide) groups is 1. The number of carbonyl (C=O) groups excluding carboxylic acids is 2. The Hall–Kier alpha value is -0.810. The van der Waals surface area contributed by atoms with Crippen molar-refractivity contribution in [1.82, 2.24) is 5.32 Å². The Labute approximate surface area is 135 Å². The molecule has 118 valence electrons. The van der Waals surface area contributed by atoms with Gasteiger partial charge in [-0.05, 0) is 44.7 Å². The molecule has 1 aromatic heterocycles. The van der Waals surface area contributed by atoms with E-state index < -0.39 is 0 Å². The molecule has 0 aliphatic heterocycles. The Morgan fingerprint density at radius 3 is 2.76 bits per heavy atom. The molecule has 0 aliphatic rings. The molecule has 0 aromatic carbocycles. The minimum Gasteiger partial charge on any atom is -0.349 e. The van der Waals surface area contributed by atoms with E-state index in [1.165, 1.54) is 22.2 Å². The van der Waals surface area contributed by atoms with Crippen molar-refractivity contribution < 1.29 is 9.59 Å². The Bertz CT molecular complexity index is 483. The number of aryl methyl sites for hydroxylation is 2. The molecule has 1 aromatic rings. The molecule has 5 heteroatoms. The minimum atomic E-state index is 0.0356. The zero-order valence-corrected chi connectivity index (χ0v) is 15.0. The monoisotopic (exact) mass is 327 g/mol. The standard InChI is InChI=1S/C16H25NO2S2/c1-5-7-12(3)17-16(19)15-10-11(2)14(21-15)8-6-9-20-13(4)18/h10,12H,5-9H2,1-4H3,(H,17,19). The molecule has 0 fully saturated rings. The van der Waals surface area contributed by atoms with E-state index in [1.54, 1.807) is 18.3 Å². The lowest BCUT2D eigenvalue weighted by atomic mass is 10.2. The lowest BCUT2D eigenvalue weighted by Crippen LogP contribution is -2.31. The van der Waals surface area contributed by atoms with Gasteiger partial charge in [0, 0.05) is 23.6 Å². The zero-order valence-electron chi connectivity index (χ0n) is 13.3. The van der Waals surface area contributed by atoms with Gasteiger partial charge >= 0.3 is 0 Å². The van der Waals surface area contributed by atoms with Gasteiger partial charge in [-0.1, -0.05) is 25.1 Å². The highest BCUT2D eigenvalue weighted by Crippen LogP contribution is 2.24. The topological polar surface area (TPSA) is 46.2 Å². The van der Waals surface area contributed by atoms with Gasteiger partial charge in [-0.3, -0.25) is 9.59 Å². The zero-order chi connectivity index (χ0) is 15.8. The van der Waals surface area contributed by atoms with Crippen LogP contribution in [0.1, 0.15) is 60.1 Å². The summed E-state index contributed by atoms with van der Waals surface area (Å²) in [7, 11) is 0. The van der Waals surface area contributed by atoms with Crippen LogP contribution in [0.25, 0.3) is 0 Å². The van der Waals surface area contributed by atoms with Gasteiger partial charge in [-0.15, -0.1) is 11.3 Å². The van der Waals surface area contributed by atoms with E-state index in [1.807, 2.05) is 13.0 Å². The highest BCUT2D eigenvalue weighted by atomic mass is 32.2. The van der Waals surface area contributed by atoms with Crippen molar-refractivity contribution in [2.45, 2.75) is 59.4 Å². The summed E-state index contributed by atoms with van der Waals surface area (Å²) >= 11 is 2.95. The van der Waals surface area contributed by atoms with E-state index >= 15 is 0 Å². The lowest BCUT2D eigenvalue weighted by Gasteiger charge is -2.11. The Morgan fingerprint density at radius 1 is 1.43 bits per heavy atom. The van der Waals surface area contributed by atoms with Gasteiger partial charge in [-0.25, -0.2) is 0 Å². The largest absolute Gasteiger partial charge is 0.349 e. The van der Waals surface area contributed by atoms with E-state index in [9.17, 15) is 9.59 Å². The van der Waals surface area contributed by atoms with Gasteiger partial charge < -0.3 is 5.32 Å². The first-order valence-corrected chi connectivity index (χ1v) is 9.27. The van der Waals surface area contributed by atoms with Crippen LogP contribution in [0.5, 0.6) is 0 Å². The van der Waals surface area contributed by atoms with Crippen LogP contribution in [0.4, 0.5) is 0 Å². The van der Waals surface area contributed by atoms with Crippen LogP contribution in [-0.4, -0.2) is 22.8 Å². The maximum Gasteiger partial charge on any atom is 0.261 e. The van der Waals surface area contributed by atoms with E-state index in [-0.39, 0.29) is 17.1 Å². The molecule has 0 aliphatic carbocycles. The quantitative estimate of drug-likeness (QED) is 0.728. The Morgan fingerprint density at radius 2 is 2.14 bits per heavy atom. The van der Waals surface area contributed by atoms with Crippen LogP contribution in [0.2, 0.25) is 0 Å². The summed E-state index contributed by atoms with van der Waals surface area (Å²) in [6.07, 6.45) is 3.99. The number of carbonyl (C=O) groups is 2. The molecular weight excluding hydrogens is 302 g/mol. The van der Waals surface area contributed by atoms with Crippen molar-refractivity contribution in [3.05, 3.63) is 21.4 Å². The normalized spacial score (nSPS) is 12.2. The fourth-order valence-corrected chi connectivity index (χ4v) is 3.82. The number of amides is 1. The third kappa shape index (κ3) is 6.66. The molecule has 1 amide bonds. The van der Waals surface area contributed by atoms with E-state index in [2.05, 4.69) is 19.2 Å². The lowest BCUT2D eigenvalue weighted by molar-refractivity contribution is -0.109. The maximum absolute atomic E-state index is 12.2. The van der Waals surface area contributed by atoms with Gasteiger partial charge in [-0.2, -0.15) is 0 Å². The molecule has 0 spiro atoms. The maximum atomic E-state index is 12.2. The summed E-state index contributed by atoms with van der Waals surface area (Å²) in [4.78, 5) is 25.1. The Kier molecular flexibility index (Phi) is 8.04. The van der Waals surface area contributed by atoms with Gasteiger partial charge in [0.05, 0.1) is 4.88 Å². The summed E-state index contributed by atoms with van der Waals surface area (Å²) in [5, 5.41) is 3.21.